The second-order valence-electron chi connectivity index (χ2n) is 3.47. The lowest BCUT2D eigenvalue weighted by atomic mass is 10.1. The van der Waals surface area contributed by atoms with Crippen molar-refractivity contribution in [2.24, 2.45) is 0 Å². The van der Waals surface area contributed by atoms with Gasteiger partial charge in [0.15, 0.2) is 0 Å². The number of anilines is 1. The van der Waals surface area contributed by atoms with Crippen LogP contribution in [0.5, 0.6) is 0 Å². The third-order valence-electron chi connectivity index (χ3n) is 2.32. The maximum absolute atomic E-state index is 11.7. The van der Waals surface area contributed by atoms with E-state index in [2.05, 4.69) is 5.32 Å². The quantitative estimate of drug-likeness (QED) is 0.722. The van der Waals surface area contributed by atoms with Gasteiger partial charge in [0.2, 0.25) is 9.84 Å². The maximum atomic E-state index is 11.7. The average molecular weight is 224 g/mol. The fourth-order valence-electron chi connectivity index (χ4n) is 1.68. The summed E-state index contributed by atoms with van der Waals surface area (Å²) in [5.74, 6) is 0. The Kier molecular flexibility index (Phi) is 2.28. The summed E-state index contributed by atoms with van der Waals surface area (Å²) in [6.45, 7) is 0.538. The maximum Gasteiger partial charge on any atom is 0.200 e. The second-order valence-corrected chi connectivity index (χ2v) is 5.24. The molecular weight excluding hydrogens is 212 g/mol. The minimum Gasteiger partial charge on any atom is -0.399 e. The molecule has 0 saturated carbocycles. The molecule has 1 heterocycles. The molecule has 80 valence electrons. The molecule has 0 atom stereocenters. The molecule has 0 amide bonds. The fourth-order valence-corrected chi connectivity index (χ4v) is 3.20. The van der Waals surface area contributed by atoms with Gasteiger partial charge < -0.3 is 11.1 Å². The summed E-state index contributed by atoms with van der Waals surface area (Å²) in [5, 5.41) is 4.24. The molecule has 1 aromatic rings. The first-order valence-electron chi connectivity index (χ1n) is 4.55. The van der Waals surface area contributed by atoms with Crippen LogP contribution in [0.15, 0.2) is 28.5 Å². The smallest absolute Gasteiger partial charge is 0.200 e. The standard InChI is InChI=1S/C10H12N2O2S/c1-12-5-7-6-15(13,14)10-4-8(11)2-3-9(7)10/h2-4,6,12H,5,11H2,1H3. The molecule has 0 saturated heterocycles. The van der Waals surface area contributed by atoms with Crippen LogP contribution in [-0.4, -0.2) is 22.0 Å². The van der Waals surface area contributed by atoms with Crippen LogP contribution in [0.3, 0.4) is 0 Å². The Morgan fingerprint density at radius 3 is 2.80 bits per heavy atom. The molecule has 1 aliphatic heterocycles. The number of likely N-dealkylation sites (N-methyl/N-ethyl adjacent to an activating group) is 1. The molecule has 0 bridgehead atoms. The van der Waals surface area contributed by atoms with Crippen LogP contribution in [-0.2, 0) is 9.84 Å². The van der Waals surface area contributed by atoms with E-state index in [0.29, 0.717) is 17.1 Å². The Hall–Kier alpha value is -1.33. The minimum absolute atomic E-state index is 0.313. The van der Waals surface area contributed by atoms with E-state index in [1.807, 2.05) is 0 Å². The van der Waals surface area contributed by atoms with Gasteiger partial charge in [0, 0.05) is 17.6 Å². The van der Waals surface area contributed by atoms with E-state index in [9.17, 15) is 8.42 Å². The Bertz CT molecular complexity index is 532. The number of nitrogens with two attached hydrogens (primary N) is 1. The minimum atomic E-state index is -3.28. The largest absolute Gasteiger partial charge is 0.399 e. The highest BCUT2D eigenvalue weighted by Crippen LogP contribution is 2.33. The van der Waals surface area contributed by atoms with E-state index in [1.54, 1.807) is 19.2 Å². The van der Waals surface area contributed by atoms with E-state index in [4.69, 9.17) is 5.73 Å². The zero-order chi connectivity index (χ0) is 11.1. The molecule has 0 radical (unpaired) electrons. The lowest BCUT2D eigenvalue weighted by Gasteiger charge is -2.03. The zero-order valence-corrected chi connectivity index (χ0v) is 9.14. The van der Waals surface area contributed by atoms with Gasteiger partial charge in [-0.05, 0) is 30.3 Å². The molecule has 0 spiro atoms. The van der Waals surface area contributed by atoms with Crippen LogP contribution in [0.2, 0.25) is 0 Å². The van der Waals surface area contributed by atoms with Crippen LogP contribution >= 0.6 is 0 Å². The number of rotatable bonds is 2. The van der Waals surface area contributed by atoms with E-state index in [-0.39, 0.29) is 0 Å². The molecule has 2 rings (SSSR count). The average Bonchev–Trinajstić information content (AvgIpc) is 2.39. The normalized spacial score (nSPS) is 17.3. The summed E-state index contributed by atoms with van der Waals surface area (Å²) in [7, 11) is -1.50. The van der Waals surface area contributed by atoms with Crippen molar-refractivity contribution in [2.45, 2.75) is 4.90 Å². The Morgan fingerprint density at radius 2 is 2.13 bits per heavy atom. The first-order chi connectivity index (χ1) is 7.04. The summed E-state index contributed by atoms with van der Waals surface area (Å²) in [4.78, 5) is 0.313. The first-order valence-corrected chi connectivity index (χ1v) is 6.09. The van der Waals surface area contributed by atoms with Gasteiger partial charge in [0.05, 0.1) is 4.90 Å². The van der Waals surface area contributed by atoms with Gasteiger partial charge in [-0.15, -0.1) is 0 Å². The van der Waals surface area contributed by atoms with Crippen LogP contribution < -0.4 is 11.1 Å². The summed E-state index contributed by atoms with van der Waals surface area (Å²) in [6, 6.07) is 4.96. The van der Waals surface area contributed by atoms with Crippen LogP contribution in [0.25, 0.3) is 5.57 Å². The highest BCUT2D eigenvalue weighted by Gasteiger charge is 2.26. The summed E-state index contributed by atoms with van der Waals surface area (Å²) < 4.78 is 23.5. The number of sulfone groups is 1. The molecule has 1 aliphatic rings. The topological polar surface area (TPSA) is 72.2 Å². The van der Waals surface area contributed by atoms with Gasteiger partial charge in [-0.1, -0.05) is 6.07 Å². The molecular formula is C10H12N2O2S. The van der Waals surface area contributed by atoms with Gasteiger partial charge >= 0.3 is 0 Å². The van der Waals surface area contributed by atoms with E-state index >= 15 is 0 Å². The third-order valence-corrected chi connectivity index (χ3v) is 3.87. The summed E-state index contributed by atoms with van der Waals surface area (Å²) in [6.07, 6.45) is 0. The summed E-state index contributed by atoms with van der Waals surface area (Å²) >= 11 is 0. The van der Waals surface area contributed by atoms with Crippen molar-refractivity contribution >= 4 is 21.1 Å². The van der Waals surface area contributed by atoms with Gasteiger partial charge in [0.1, 0.15) is 0 Å². The second kappa shape index (κ2) is 3.36. The predicted molar refractivity (Wildman–Crippen MR) is 59.9 cm³/mol. The highest BCUT2D eigenvalue weighted by atomic mass is 32.2. The molecule has 5 heteroatoms. The number of nitrogens with one attached hydrogen (secondary N) is 1. The van der Waals surface area contributed by atoms with E-state index < -0.39 is 9.84 Å². The number of benzene rings is 1. The van der Waals surface area contributed by atoms with Crippen molar-refractivity contribution in [2.75, 3.05) is 19.3 Å². The van der Waals surface area contributed by atoms with Crippen LogP contribution in [0, 0.1) is 0 Å². The van der Waals surface area contributed by atoms with Gasteiger partial charge in [-0.3, -0.25) is 0 Å². The number of hydrogen-bond acceptors (Lipinski definition) is 4. The number of hydrogen-bond donors (Lipinski definition) is 2. The Morgan fingerprint density at radius 1 is 1.40 bits per heavy atom. The Balaban J connectivity index is 2.62. The fraction of sp³-hybridized carbons (Fsp3) is 0.200. The number of fused-ring (bicyclic) bond motifs is 1. The number of nitrogen functional groups attached to an aromatic ring is 1. The molecule has 0 aliphatic carbocycles. The molecule has 3 N–H and O–H groups in total. The lowest BCUT2D eigenvalue weighted by molar-refractivity contribution is 0.605. The molecule has 15 heavy (non-hydrogen) atoms. The Labute approximate surface area is 88.7 Å². The van der Waals surface area contributed by atoms with Crippen molar-refractivity contribution in [3.05, 3.63) is 29.2 Å². The summed E-state index contributed by atoms with van der Waals surface area (Å²) in [5.41, 5.74) is 7.57. The molecule has 0 unspecified atom stereocenters. The van der Waals surface area contributed by atoms with Gasteiger partial charge in [0.25, 0.3) is 0 Å². The highest BCUT2D eigenvalue weighted by molar-refractivity contribution is 7.95. The predicted octanol–water partition coefficient (Wildman–Crippen LogP) is 0.616. The van der Waals surface area contributed by atoms with E-state index in [0.717, 1.165) is 11.1 Å². The van der Waals surface area contributed by atoms with Crippen molar-refractivity contribution in [1.29, 1.82) is 0 Å². The monoisotopic (exact) mass is 224 g/mol. The zero-order valence-electron chi connectivity index (χ0n) is 8.32. The van der Waals surface area contributed by atoms with Crippen molar-refractivity contribution in [3.8, 4) is 0 Å². The van der Waals surface area contributed by atoms with Crippen molar-refractivity contribution < 1.29 is 8.42 Å². The SMILES string of the molecule is CNCC1=CS(=O)(=O)c2cc(N)ccc21. The first kappa shape index (κ1) is 10.2. The lowest BCUT2D eigenvalue weighted by Crippen LogP contribution is -2.08. The van der Waals surface area contributed by atoms with Crippen LogP contribution in [0.1, 0.15) is 5.56 Å². The van der Waals surface area contributed by atoms with Crippen LogP contribution in [0.4, 0.5) is 5.69 Å². The van der Waals surface area contributed by atoms with Crippen molar-refractivity contribution in [3.63, 3.8) is 0 Å². The molecule has 0 fully saturated rings. The van der Waals surface area contributed by atoms with Gasteiger partial charge in [-0.25, -0.2) is 8.42 Å². The molecule has 4 nitrogen and oxygen atoms in total. The van der Waals surface area contributed by atoms with Gasteiger partial charge in [-0.2, -0.15) is 0 Å². The molecule has 1 aromatic carbocycles. The molecule has 0 aromatic heterocycles. The third kappa shape index (κ3) is 1.64. The van der Waals surface area contributed by atoms with E-state index in [1.165, 1.54) is 11.5 Å². The van der Waals surface area contributed by atoms with Crippen molar-refractivity contribution in [1.82, 2.24) is 5.32 Å².